The number of hydrogen-bond donors (Lipinski definition) is 1. The van der Waals surface area contributed by atoms with Gasteiger partial charge in [-0.2, -0.15) is 0 Å². The average Bonchev–Trinajstić information content (AvgIpc) is 2.92. The molecule has 3 rings (SSSR count). The first-order valence-corrected chi connectivity index (χ1v) is 9.19. The molecule has 3 nitrogen and oxygen atoms in total. The zero-order valence-corrected chi connectivity index (χ0v) is 14.4. The van der Waals surface area contributed by atoms with Crippen molar-refractivity contribution in [1.29, 1.82) is 0 Å². The van der Waals surface area contributed by atoms with E-state index >= 15 is 0 Å². The maximum atomic E-state index is 12.9. The van der Waals surface area contributed by atoms with Crippen molar-refractivity contribution < 1.29 is 9.37 Å². The maximum absolute atomic E-state index is 12.9. The van der Waals surface area contributed by atoms with Gasteiger partial charge < -0.3 is 4.98 Å². The summed E-state index contributed by atoms with van der Waals surface area (Å²) in [6.45, 7) is 1.99. The van der Waals surface area contributed by atoms with Crippen molar-refractivity contribution in [2.45, 2.75) is 19.3 Å². The molecule has 0 atom stereocenters. The minimum absolute atomic E-state index is 0.137. The third-order valence-corrected chi connectivity index (χ3v) is 5.24. The number of piperidine rings is 1. The van der Waals surface area contributed by atoms with Crippen molar-refractivity contribution in [2.75, 3.05) is 19.3 Å². The van der Waals surface area contributed by atoms with Gasteiger partial charge in [-0.3, -0.25) is 4.79 Å². The molecule has 1 aliphatic rings. The Morgan fingerprint density at radius 2 is 2.05 bits per heavy atom. The summed E-state index contributed by atoms with van der Waals surface area (Å²) < 4.78 is 3.26. The molecule has 0 amide bonds. The molecule has 110 valence electrons. The van der Waals surface area contributed by atoms with Crippen LogP contribution >= 0.6 is 27.7 Å². The highest BCUT2D eigenvalue weighted by Crippen LogP contribution is 2.24. The second kappa shape index (κ2) is 6.36. The van der Waals surface area contributed by atoms with Crippen molar-refractivity contribution in [3.05, 3.63) is 34.4 Å². The number of ketones is 1. The number of carbonyl (C=O) groups is 1. The van der Waals surface area contributed by atoms with E-state index in [2.05, 4.69) is 25.5 Å². The van der Waals surface area contributed by atoms with Crippen LogP contribution in [-0.2, 0) is 0 Å². The third-order valence-electron chi connectivity index (χ3n) is 3.92. The van der Waals surface area contributed by atoms with Crippen LogP contribution in [0.15, 0.2) is 28.9 Å². The number of hydrogen-bond acceptors (Lipinski definition) is 2. The third kappa shape index (κ3) is 2.94. The lowest BCUT2D eigenvalue weighted by Crippen LogP contribution is -2.30. The maximum Gasteiger partial charge on any atom is 0.283 e. The molecule has 0 bridgehead atoms. The van der Waals surface area contributed by atoms with Crippen LogP contribution in [0.25, 0.3) is 10.9 Å². The molecule has 0 aliphatic carbocycles. The molecule has 1 fully saturated rings. The van der Waals surface area contributed by atoms with E-state index < -0.39 is 0 Å². The lowest BCUT2D eigenvalue weighted by molar-refractivity contribution is -0.533. The summed E-state index contributed by atoms with van der Waals surface area (Å²) in [5.74, 6) is 0.137. The number of aromatic nitrogens is 1. The fourth-order valence-corrected chi connectivity index (χ4v) is 3.96. The Morgan fingerprint density at radius 1 is 1.29 bits per heavy atom. The van der Waals surface area contributed by atoms with E-state index in [1.165, 1.54) is 19.3 Å². The Bertz CT molecular complexity index is 712. The molecule has 1 aliphatic heterocycles. The first-order chi connectivity index (χ1) is 10.2. The van der Waals surface area contributed by atoms with Crippen LogP contribution in [0.3, 0.4) is 0 Å². The van der Waals surface area contributed by atoms with E-state index in [-0.39, 0.29) is 5.78 Å². The van der Waals surface area contributed by atoms with Gasteiger partial charge in [0.05, 0.1) is 5.56 Å². The predicted octanol–water partition coefficient (Wildman–Crippen LogP) is 4.07. The number of thioether (sulfide) groups is 1. The molecule has 5 heteroatoms. The Balaban J connectivity index is 2.02. The van der Waals surface area contributed by atoms with Gasteiger partial charge in [0.2, 0.25) is 0 Å². The Labute approximate surface area is 136 Å². The van der Waals surface area contributed by atoms with Gasteiger partial charge in [0, 0.05) is 34.4 Å². The highest BCUT2D eigenvalue weighted by molar-refractivity contribution is 9.10. The topological polar surface area (TPSA) is 35.9 Å². The van der Waals surface area contributed by atoms with Gasteiger partial charge in [0.1, 0.15) is 13.1 Å². The summed E-state index contributed by atoms with van der Waals surface area (Å²) in [6.07, 6.45) is 7.46. The van der Waals surface area contributed by atoms with Crippen LogP contribution in [-0.4, -0.2) is 39.7 Å². The Kier molecular flexibility index (Phi) is 4.50. The number of nitrogens with one attached hydrogen (secondary N) is 1. The van der Waals surface area contributed by atoms with Crippen LogP contribution in [0.5, 0.6) is 0 Å². The molecule has 0 unspecified atom stereocenters. The molecule has 21 heavy (non-hydrogen) atoms. The standard InChI is InChI=1S/C16H17BrN2OS/c1-21-16(19-7-3-2-4-8-19)15(20)13-10-18-14-9-11(17)5-6-12(13)14/h5-6,9-10H,2-4,7-8H2,1H3/p+1. The second-order valence-electron chi connectivity index (χ2n) is 5.28. The van der Waals surface area contributed by atoms with Crippen LogP contribution in [0.1, 0.15) is 29.6 Å². The highest BCUT2D eigenvalue weighted by Gasteiger charge is 2.27. The van der Waals surface area contributed by atoms with Crippen LogP contribution in [0.4, 0.5) is 0 Å². The van der Waals surface area contributed by atoms with Gasteiger partial charge in [0.15, 0.2) is 0 Å². The Morgan fingerprint density at radius 3 is 2.76 bits per heavy atom. The van der Waals surface area contributed by atoms with Crippen molar-refractivity contribution in [3.63, 3.8) is 0 Å². The van der Waals surface area contributed by atoms with Crippen LogP contribution < -0.4 is 0 Å². The SMILES string of the molecule is CSC(C(=O)c1c[nH]c2cc(Br)ccc12)=[N+]1CCCCC1. The summed E-state index contributed by atoms with van der Waals surface area (Å²) in [6, 6.07) is 5.98. The van der Waals surface area contributed by atoms with Crippen molar-refractivity contribution in [3.8, 4) is 0 Å². The number of benzene rings is 1. The van der Waals surface area contributed by atoms with Crippen molar-refractivity contribution in [1.82, 2.24) is 4.98 Å². The molecule has 2 heterocycles. The number of rotatable bonds is 2. The quantitative estimate of drug-likeness (QED) is 0.494. The minimum Gasteiger partial charge on any atom is -0.360 e. The minimum atomic E-state index is 0.137. The summed E-state index contributed by atoms with van der Waals surface area (Å²) >= 11 is 5.03. The van der Waals surface area contributed by atoms with Crippen molar-refractivity contribution in [2.24, 2.45) is 0 Å². The van der Waals surface area contributed by atoms with Crippen LogP contribution in [0.2, 0.25) is 0 Å². The fraction of sp³-hybridized carbons (Fsp3) is 0.375. The summed E-state index contributed by atoms with van der Waals surface area (Å²) in [5, 5.41) is 1.87. The molecule has 1 saturated heterocycles. The smallest absolute Gasteiger partial charge is 0.283 e. The summed E-state index contributed by atoms with van der Waals surface area (Å²) in [7, 11) is 0. The molecule has 1 aromatic carbocycles. The summed E-state index contributed by atoms with van der Waals surface area (Å²) in [5.41, 5.74) is 1.76. The van der Waals surface area contributed by atoms with Gasteiger partial charge in [-0.25, -0.2) is 4.58 Å². The molecule has 2 aromatic rings. The first kappa shape index (κ1) is 14.9. The van der Waals surface area contributed by atoms with E-state index in [4.69, 9.17) is 0 Å². The number of Topliss-reactive ketones (excluding diaryl/α,β-unsaturated/α-hetero) is 1. The van der Waals surface area contributed by atoms with Gasteiger partial charge >= 0.3 is 0 Å². The first-order valence-electron chi connectivity index (χ1n) is 7.18. The number of carbonyl (C=O) groups excluding carboxylic acids is 1. The van der Waals surface area contributed by atoms with E-state index in [0.717, 1.165) is 39.1 Å². The lowest BCUT2D eigenvalue weighted by atomic mass is 10.1. The lowest BCUT2D eigenvalue weighted by Gasteiger charge is -2.12. The van der Waals surface area contributed by atoms with Gasteiger partial charge in [-0.1, -0.05) is 33.8 Å². The molecule has 1 aromatic heterocycles. The summed E-state index contributed by atoms with van der Waals surface area (Å²) in [4.78, 5) is 16.1. The van der Waals surface area contributed by atoms with E-state index in [1.807, 2.05) is 30.7 Å². The molecule has 0 radical (unpaired) electrons. The number of H-pyrrole nitrogens is 1. The molecular formula is C16H18BrN2OS+. The highest BCUT2D eigenvalue weighted by atomic mass is 79.9. The molecular weight excluding hydrogens is 348 g/mol. The zero-order chi connectivity index (χ0) is 14.8. The van der Waals surface area contributed by atoms with E-state index in [0.29, 0.717) is 0 Å². The Hall–Kier alpha value is -1.07. The van der Waals surface area contributed by atoms with Crippen molar-refractivity contribution >= 4 is 49.4 Å². The second-order valence-corrected chi connectivity index (χ2v) is 6.99. The average molecular weight is 366 g/mol. The normalized spacial score (nSPS) is 15.4. The zero-order valence-electron chi connectivity index (χ0n) is 12.0. The number of aromatic amines is 1. The van der Waals surface area contributed by atoms with Gasteiger partial charge in [-0.15, -0.1) is 0 Å². The molecule has 0 spiro atoms. The fourth-order valence-electron chi connectivity index (χ4n) is 2.86. The number of halogens is 1. The van der Waals surface area contributed by atoms with Gasteiger partial charge in [0.25, 0.3) is 10.8 Å². The molecule has 1 N–H and O–H groups in total. The largest absolute Gasteiger partial charge is 0.360 e. The number of nitrogens with zero attached hydrogens (tertiary/aromatic N) is 1. The van der Waals surface area contributed by atoms with E-state index in [1.54, 1.807) is 11.8 Å². The number of fused-ring (bicyclic) bond motifs is 1. The van der Waals surface area contributed by atoms with E-state index in [9.17, 15) is 4.79 Å². The van der Waals surface area contributed by atoms with Crippen LogP contribution in [0, 0.1) is 0 Å². The monoisotopic (exact) mass is 365 g/mol. The van der Waals surface area contributed by atoms with Gasteiger partial charge in [-0.05, 0) is 24.8 Å². The predicted molar refractivity (Wildman–Crippen MR) is 92.7 cm³/mol. The molecule has 0 saturated carbocycles.